The summed E-state index contributed by atoms with van der Waals surface area (Å²) in [5.41, 5.74) is 3.67. The van der Waals surface area contributed by atoms with Gasteiger partial charge in [0.2, 0.25) is 0 Å². The number of rotatable bonds is 9. The second-order valence-corrected chi connectivity index (χ2v) is 6.92. The van der Waals surface area contributed by atoms with Crippen LogP contribution in [0.1, 0.15) is 16.7 Å². The van der Waals surface area contributed by atoms with E-state index < -0.39 is 6.10 Å². The van der Waals surface area contributed by atoms with Crippen LogP contribution in [-0.2, 0) is 13.1 Å². The summed E-state index contributed by atoms with van der Waals surface area (Å²) in [4.78, 5) is 2.26. The average molecular weight is 361 g/mol. The van der Waals surface area contributed by atoms with Gasteiger partial charge in [-0.15, -0.1) is 0 Å². The van der Waals surface area contributed by atoms with Crippen LogP contribution in [0.2, 0.25) is 0 Å². The molecule has 0 aromatic heterocycles. The lowest BCUT2D eigenvalue weighted by Crippen LogP contribution is -2.35. The smallest absolute Gasteiger partial charge is 0.119 e. The first-order valence-electron chi connectivity index (χ1n) is 9.37. The van der Waals surface area contributed by atoms with Crippen LogP contribution >= 0.6 is 0 Å². The normalized spacial score (nSPS) is 12.1. The Morgan fingerprint density at radius 1 is 0.778 bits per heavy atom. The highest BCUT2D eigenvalue weighted by atomic mass is 16.5. The fraction of sp³-hybridized carbons (Fsp3) is 0.250. The fourth-order valence-corrected chi connectivity index (χ4v) is 3.05. The zero-order valence-electron chi connectivity index (χ0n) is 15.8. The number of aryl methyl sites for hydroxylation is 1. The van der Waals surface area contributed by atoms with Crippen molar-refractivity contribution in [3.8, 4) is 5.75 Å². The molecule has 0 bridgehead atoms. The molecule has 0 aliphatic heterocycles. The molecule has 0 heterocycles. The van der Waals surface area contributed by atoms with Gasteiger partial charge in [-0.2, -0.15) is 0 Å². The van der Waals surface area contributed by atoms with Crippen molar-refractivity contribution < 1.29 is 9.84 Å². The van der Waals surface area contributed by atoms with Crippen molar-refractivity contribution in [2.75, 3.05) is 13.2 Å². The summed E-state index contributed by atoms with van der Waals surface area (Å²) in [6.45, 7) is 4.46. The van der Waals surface area contributed by atoms with Crippen LogP contribution in [0, 0.1) is 6.92 Å². The van der Waals surface area contributed by atoms with Crippen molar-refractivity contribution in [3.05, 3.63) is 102 Å². The SMILES string of the molecule is Cc1ccc(OCC(O)CN(Cc2ccccc2)Cc2ccccc2)cc1. The Balaban J connectivity index is 1.59. The molecular weight excluding hydrogens is 334 g/mol. The molecule has 3 nitrogen and oxygen atoms in total. The molecule has 3 rings (SSSR count). The Hall–Kier alpha value is -2.62. The minimum absolute atomic E-state index is 0.281. The molecule has 0 aliphatic rings. The van der Waals surface area contributed by atoms with E-state index in [0.29, 0.717) is 6.54 Å². The average Bonchev–Trinajstić information content (AvgIpc) is 2.69. The molecule has 0 radical (unpaired) electrons. The minimum atomic E-state index is -0.557. The Kier molecular flexibility index (Phi) is 7.03. The molecule has 0 aliphatic carbocycles. The third kappa shape index (κ3) is 6.55. The van der Waals surface area contributed by atoms with Crippen LogP contribution in [-0.4, -0.2) is 29.3 Å². The van der Waals surface area contributed by atoms with E-state index in [9.17, 15) is 5.11 Å². The van der Waals surface area contributed by atoms with Crippen molar-refractivity contribution in [2.45, 2.75) is 26.1 Å². The maximum atomic E-state index is 10.5. The van der Waals surface area contributed by atoms with Crippen LogP contribution in [0.5, 0.6) is 5.75 Å². The highest BCUT2D eigenvalue weighted by Crippen LogP contribution is 2.13. The monoisotopic (exact) mass is 361 g/mol. The standard InChI is InChI=1S/C24H27NO2/c1-20-12-14-24(15-13-20)27-19-23(26)18-25(16-21-8-4-2-5-9-21)17-22-10-6-3-7-11-22/h2-15,23,26H,16-19H2,1H3. The van der Waals surface area contributed by atoms with E-state index in [1.807, 2.05) is 67.6 Å². The third-order valence-corrected chi connectivity index (χ3v) is 4.43. The van der Waals surface area contributed by atoms with Crippen molar-refractivity contribution >= 4 is 0 Å². The molecule has 1 atom stereocenters. The van der Waals surface area contributed by atoms with Gasteiger partial charge in [0.1, 0.15) is 18.5 Å². The van der Waals surface area contributed by atoms with Gasteiger partial charge in [-0.3, -0.25) is 4.90 Å². The molecule has 1 unspecified atom stereocenters. The molecule has 140 valence electrons. The Bertz CT molecular complexity index is 746. The predicted molar refractivity (Wildman–Crippen MR) is 110 cm³/mol. The van der Waals surface area contributed by atoms with Crippen LogP contribution in [0.3, 0.4) is 0 Å². The molecular formula is C24H27NO2. The highest BCUT2D eigenvalue weighted by molar-refractivity contribution is 5.26. The van der Waals surface area contributed by atoms with Gasteiger partial charge < -0.3 is 9.84 Å². The molecule has 0 saturated carbocycles. The number of aliphatic hydroxyl groups excluding tert-OH is 1. The van der Waals surface area contributed by atoms with Crippen molar-refractivity contribution in [2.24, 2.45) is 0 Å². The first-order valence-corrected chi connectivity index (χ1v) is 9.37. The molecule has 0 spiro atoms. The van der Waals surface area contributed by atoms with Gasteiger partial charge in [0.05, 0.1) is 0 Å². The first-order chi connectivity index (χ1) is 13.2. The summed E-state index contributed by atoms with van der Waals surface area (Å²) < 4.78 is 5.75. The summed E-state index contributed by atoms with van der Waals surface area (Å²) >= 11 is 0. The van der Waals surface area contributed by atoms with E-state index in [4.69, 9.17) is 4.74 Å². The van der Waals surface area contributed by atoms with Crippen molar-refractivity contribution in [1.29, 1.82) is 0 Å². The van der Waals surface area contributed by atoms with Gasteiger partial charge in [-0.1, -0.05) is 78.4 Å². The topological polar surface area (TPSA) is 32.7 Å². The van der Waals surface area contributed by atoms with Gasteiger partial charge in [-0.05, 0) is 30.2 Å². The lowest BCUT2D eigenvalue weighted by Gasteiger charge is -2.25. The van der Waals surface area contributed by atoms with E-state index in [-0.39, 0.29) is 6.61 Å². The molecule has 3 heteroatoms. The van der Waals surface area contributed by atoms with Crippen LogP contribution in [0.15, 0.2) is 84.9 Å². The Morgan fingerprint density at radius 2 is 1.30 bits per heavy atom. The zero-order valence-corrected chi connectivity index (χ0v) is 15.8. The van der Waals surface area contributed by atoms with Crippen molar-refractivity contribution in [3.63, 3.8) is 0 Å². The third-order valence-electron chi connectivity index (χ3n) is 4.43. The summed E-state index contributed by atoms with van der Waals surface area (Å²) in [6, 6.07) is 28.6. The number of benzene rings is 3. The summed E-state index contributed by atoms with van der Waals surface area (Å²) in [6.07, 6.45) is -0.557. The minimum Gasteiger partial charge on any atom is -0.491 e. The van der Waals surface area contributed by atoms with Crippen LogP contribution in [0.4, 0.5) is 0 Å². The first kappa shape index (κ1) is 19.2. The van der Waals surface area contributed by atoms with Crippen molar-refractivity contribution in [1.82, 2.24) is 4.90 Å². The van der Waals surface area contributed by atoms with Gasteiger partial charge in [0.25, 0.3) is 0 Å². The Morgan fingerprint density at radius 3 is 1.81 bits per heavy atom. The molecule has 27 heavy (non-hydrogen) atoms. The number of nitrogens with zero attached hydrogens (tertiary/aromatic N) is 1. The second-order valence-electron chi connectivity index (χ2n) is 6.92. The number of ether oxygens (including phenoxy) is 1. The predicted octanol–water partition coefficient (Wildman–Crippen LogP) is 4.44. The van der Waals surface area contributed by atoms with E-state index in [1.165, 1.54) is 16.7 Å². The zero-order chi connectivity index (χ0) is 18.9. The maximum absolute atomic E-state index is 10.5. The lowest BCUT2D eigenvalue weighted by atomic mass is 10.1. The van der Waals surface area contributed by atoms with E-state index in [0.717, 1.165) is 18.8 Å². The Labute approximate surface area is 161 Å². The van der Waals surface area contributed by atoms with E-state index in [1.54, 1.807) is 0 Å². The number of hydrogen-bond donors (Lipinski definition) is 1. The summed E-state index contributed by atoms with van der Waals surface area (Å²) in [5.74, 6) is 0.789. The summed E-state index contributed by atoms with van der Waals surface area (Å²) in [7, 11) is 0. The number of aliphatic hydroxyl groups is 1. The van der Waals surface area contributed by atoms with Crippen LogP contribution in [0.25, 0.3) is 0 Å². The molecule has 1 N–H and O–H groups in total. The quantitative estimate of drug-likeness (QED) is 0.612. The summed E-state index contributed by atoms with van der Waals surface area (Å²) in [5, 5.41) is 10.5. The fourth-order valence-electron chi connectivity index (χ4n) is 3.05. The molecule has 3 aromatic carbocycles. The molecule has 3 aromatic rings. The van der Waals surface area contributed by atoms with Gasteiger partial charge in [0.15, 0.2) is 0 Å². The second kappa shape index (κ2) is 9.91. The highest BCUT2D eigenvalue weighted by Gasteiger charge is 2.14. The van der Waals surface area contributed by atoms with Gasteiger partial charge in [-0.25, -0.2) is 0 Å². The molecule has 0 fully saturated rings. The van der Waals surface area contributed by atoms with Gasteiger partial charge >= 0.3 is 0 Å². The van der Waals surface area contributed by atoms with E-state index >= 15 is 0 Å². The number of hydrogen-bond acceptors (Lipinski definition) is 3. The maximum Gasteiger partial charge on any atom is 0.119 e. The van der Waals surface area contributed by atoms with Gasteiger partial charge in [0, 0.05) is 19.6 Å². The van der Waals surface area contributed by atoms with Crippen LogP contribution < -0.4 is 4.74 Å². The molecule has 0 saturated heterocycles. The lowest BCUT2D eigenvalue weighted by molar-refractivity contribution is 0.0628. The molecule has 0 amide bonds. The van der Waals surface area contributed by atoms with E-state index in [2.05, 4.69) is 29.2 Å². The largest absolute Gasteiger partial charge is 0.491 e.